The van der Waals surface area contributed by atoms with E-state index in [4.69, 9.17) is 28.4 Å². The number of carbonyl (C=O) groups excluding carboxylic acids is 5. The number of ether oxygens (including phenoxy) is 6. The van der Waals surface area contributed by atoms with Gasteiger partial charge in [-0.2, -0.15) is 0 Å². The van der Waals surface area contributed by atoms with Gasteiger partial charge in [0.05, 0.1) is 44.2 Å². The van der Waals surface area contributed by atoms with Gasteiger partial charge in [0.1, 0.15) is 36.2 Å². The van der Waals surface area contributed by atoms with Gasteiger partial charge < -0.3 is 53.7 Å². The third-order valence-corrected chi connectivity index (χ3v) is 15.9. The van der Waals surface area contributed by atoms with Crippen molar-refractivity contribution in [1.82, 2.24) is 4.90 Å². The first-order valence-electron chi connectivity index (χ1n) is 27.9. The van der Waals surface area contributed by atoms with Crippen molar-refractivity contribution in [2.45, 2.75) is 200 Å². The molecule has 0 radical (unpaired) electrons. The Kier molecular flexibility index (Phi) is 26.8. The van der Waals surface area contributed by atoms with Crippen LogP contribution in [0.4, 0.5) is 0 Å². The van der Waals surface area contributed by atoms with E-state index in [9.17, 15) is 44.4 Å². The summed E-state index contributed by atoms with van der Waals surface area (Å²) >= 11 is 0. The van der Waals surface area contributed by atoms with Crippen molar-refractivity contribution in [2.24, 2.45) is 35.5 Å². The van der Waals surface area contributed by atoms with Crippen LogP contribution in [0, 0.1) is 35.5 Å². The number of piperidine rings is 1. The minimum absolute atomic E-state index is 0.0197. The average Bonchev–Trinajstić information content (AvgIpc) is 3.40. The van der Waals surface area contributed by atoms with Crippen LogP contribution in [0.15, 0.2) is 65.8 Å². The van der Waals surface area contributed by atoms with Crippen molar-refractivity contribution in [2.75, 3.05) is 40.6 Å². The fourth-order valence-electron chi connectivity index (χ4n) is 11.2. The van der Waals surface area contributed by atoms with Gasteiger partial charge in [-0.15, -0.1) is 0 Å². The second kappa shape index (κ2) is 31.6. The number of hydrogen-bond donors (Lipinski definition) is 4. The molecule has 15 atom stereocenters. The van der Waals surface area contributed by atoms with E-state index in [1.54, 1.807) is 34.0 Å². The van der Waals surface area contributed by atoms with E-state index in [2.05, 4.69) is 0 Å². The Balaban J connectivity index is 1.56. The molecular weight excluding hydrogens is 975 g/mol. The number of amides is 1. The van der Waals surface area contributed by atoms with Gasteiger partial charge in [-0.1, -0.05) is 96.2 Å². The zero-order valence-corrected chi connectivity index (χ0v) is 47.4. The molecule has 2 saturated heterocycles. The molecular formula is C60H93NO15. The number of likely N-dealkylation sites (tertiary alicyclic amines) is 1. The maximum Gasteiger partial charge on any atom is 0.329 e. The Morgan fingerprint density at radius 3 is 2.26 bits per heavy atom. The highest BCUT2D eigenvalue weighted by Crippen LogP contribution is 2.38. The third kappa shape index (κ3) is 18.3. The molecule has 3 unspecified atom stereocenters. The number of Topliss-reactive ketones (excluding diaryl/α,β-unsaturated/α-hetero) is 3. The highest BCUT2D eigenvalue weighted by molar-refractivity contribution is 6.39. The molecule has 0 spiro atoms. The maximum atomic E-state index is 14.6. The van der Waals surface area contributed by atoms with Gasteiger partial charge in [0, 0.05) is 51.4 Å². The lowest BCUT2D eigenvalue weighted by Gasteiger charge is -2.43. The lowest BCUT2D eigenvalue weighted by molar-refractivity contribution is -0.266. The van der Waals surface area contributed by atoms with E-state index < -0.39 is 77.9 Å². The van der Waals surface area contributed by atoms with Crippen molar-refractivity contribution in [3.05, 3.63) is 71.3 Å². The van der Waals surface area contributed by atoms with E-state index in [1.165, 1.54) is 12.0 Å². The number of aliphatic hydroxyl groups excluding tert-OH is 3. The molecule has 428 valence electrons. The number of benzene rings is 1. The van der Waals surface area contributed by atoms with Crippen molar-refractivity contribution in [3.8, 4) is 0 Å². The number of rotatable bonds is 30. The largest absolute Gasteiger partial charge is 0.460 e. The number of methoxy groups -OCH3 is 2. The first kappa shape index (κ1) is 64.6. The minimum atomic E-state index is -2.51. The van der Waals surface area contributed by atoms with Gasteiger partial charge in [0.25, 0.3) is 11.7 Å². The monoisotopic (exact) mass is 1070 g/mol. The lowest BCUT2D eigenvalue weighted by atomic mass is 9.78. The van der Waals surface area contributed by atoms with Crippen LogP contribution < -0.4 is 0 Å². The van der Waals surface area contributed by atoms with E-state index in [0.717, 1.165) is 12.0 Å². The van der Waals surface area contributed by atoms with Gasteiger partial charge in [-0.05, 0) is 119 Å². The highest BCUT2D eigenvalue weighted by atomic mass is 16.6. The number of carbonyl (C=O) groups is 5. The predicted molar refractivity (Wildman–Crippen MR) is 289 cm³/mol. The smallest absolute Gasteiger partial charge is 0.329 e. The summed E-state index contributed by atoms with van der Waals surface area (Å²) in [5.41, 5.74) is 1.92. The molecule has 16 heteroatoms. The molecule has 2 heterocycles. The van der Waals surface area contributed by atoms with Crippen LogP contribution in [-0.4, -0.2) is 150 Å². The van der Waals surface area contributed by atoms with Gasteiger partial charge >= 0.3 is 5.97 Å². The molecule has 0 bridgehead atoms. The molecule has 1 aromatic rings. The van der Waals surface area contributed by atoms with Crippen LogP contribution in [0.3, 0.4) is 0 Å². The Labute approximate surface area is 452 Å². The van der Waals surface area contributed by atoms with Gasteiger partial charge in [-0.25, -0.2) is 4.79 Å². The van der Waals surface area contributed by atoms with Gasteiger partial charge in [0.2, 0.25) is 5.79 Å². The lowest BCUT2D eigenvalue weighted by Crippen LogP contribution is -2.61. The first-order valence-corrected chi connectivity index (χ1v) is 27.9. The zero-order chi connectivity index (χ0) is 56.3. The molecule has 16 nitrogen and oxygen atoms in total. The highest BCUT2D eigenvalue weighted by Gasteiger charge is 2.53. The van der Waals surface area contributed by atoms with Crippen LogP contribution in [0.1, 0.15) is 151 Å². The van der Waals surface area contributed by atoms with Crippen LogP contribution in [-0.2, 0) is 52.4 Å². The van der Waals surface area contributed by atoms with Gasteiger partial charge in [-0.3, -0.25) is 19.2 Å². The Bertz CT molecular complexity index is 2090. The van der Waals surface area contributed by atoms with E-state index >= 15 is 0 Å². The fourth-order valence-corrected chi connectivity index (χ4v) is 11.2. The summed E-state index contributed by atoms with van der Waals surface area (Å²) in [6, 6.07) is 7.97. The SMILES string of the molecule is C/C=C/C=C(\C)C(CC1CC[C@@H](C)[C@](O)(C(=O)C(=O)N2CCCCC2C(=O)O[C@@H](CC(=O)[C@H](C)/C=C(\C)[C@@H](O)[C@@H](OC)C(=O)[C@H](C)CC(C)C)[C@H](C)C[C@@H]2CC[C@@H](OCCO)[C@H](OC)C2)O1)OC[C@H](O)c1ccccc1. The molecule has 76 heavy (non-hydrogen) atoms. The summed E-state index contributed by atoms with van der Waals surface area (Å²) in [6.07, 6.45) is 6.67. The van der Waals surface area contributed by atoms with Crippen LogP contribution >= 0.6 is 0 Å². The molecule has 3 aliphatic rings. The Hall–Kier alpha value is -3.97. The first-order chi connectivity index (χ1) is 36.1. The molecule has 2 aliphatic heterocycles. The molecule has 1 aromatic carbocycles. The summed E-state index contributed by atoms with van der Waals surface area (Å²) in [6.45, 7) is 16.7. The second-order valence-corrected chi connectivity index (χ2v) is 22.4. The second-order valence-electron chi connectivity index (χ2n) is 22.4. The van der Waals surface area contributed by atoms with Crippen LogP contribution in [0.2, 0.25) is 0 Å². The number of nitrogens with zero attached hydrogens (tertiary/aromatic N) is 1. The number of esters is 1. The molecule has 1 saturated carbocycles. The van der Waals surface area contributed by atoms with Crippen LogP contribution in [0.25, 0.3) is 0 Å². The van der Waals surface area contributed by atoms with E-state index in [0.29, 0.717) is 62.5 Å². The number of hydrogen-bond acceptors (Lipinski definition) is 15. The number of ketones is 3. The van der Waals surface area contributed by atoms with Crippen molar-refractivity contribution in [3.63, 3.8) is 0 Å². The molecule has 3 fully saturated rings. The van der Waals surface area contributed by atoms with E-state index in [1.807, 2.05) is 90.1 Å². The predicted octanol–water partition coefficient (Wildman–Crippen LogP) is 7.77. The summed E-state index contributed by atoms with van der Waals surface area (Å²) < 4.78 is 36.1. The van der Waals surface area contributed by atoms with Crippen molar-refractivity contribution < 1.29 is 72.8 Å². The molecule has 4 rings (SSSR count). The van der Waals surface area contributed by atoms with Crippen LogP contribution in [0.5, 0.6) is 0 Å². The summed E-state index contributed by atoms with van der Waals surface area (Å²) in [5, 5.41) is 43.8. The normalized spacial score (nSPS) is 27.0. The Morgan fingerprint density at radius 2 is 1.62 bits per heavy atom. The van der Waals surface area contributed by atoms with Crippen molar-refractivity contribution >= 4 is 29.2 Å². The summed E-state index contributed by atoms with van der Waals surface area (Å²) in [4.78, 5) is 72.4. The van der Waals surface area contributed by atoms with Gasteiger partial charge in [0.15, 0.2) is 5.78 Å². The number of allylic oxidation sites excluding steroid dienone is 4. The standard InChI is InChI=1S/C60H93NO15/c1-12-13-19-38(4)51(74-36-49(64)45-20-15-14-16-21-45)34-46-25-23-43(9)60(70,76-46)57(67)58(68)61-27-18-17-22-47(61)59(69)75-52(40(6)32-44-24-26-50(73-29-28-62)53(33-44)71-10)35-48(63)39(5)31-42(8)55(66)56(72-11)54(65)41(7)30-37(2)3/h12-16,19-21,31,37,39-41,43-44,46-47,49-53,55-56,62,64,66,70H,17-18,22-30,32-36H2,1-11H3/b13-12+,38-19+,42-31+/t39-,40-,41-,43-,44+,46?,47?,49+,50-,51?,52+,53-,55-,56+,60-/m1/s1. The number of aliphatic hydroxyl groups is 4. The average molecular weight is 1070 g/mol. The Morgan fingerprint density at radius 1 is 0.908 bits per heavy atom. The topological polar surface area (TPSA) is 225 Å². The minimum Gasteiger partial charge on any atom is -0.460 e. The molecule has 4 N–H and O–H groups in total. The third-order valence-electron chi connectivity index (χ3n) is 15.9. The molecule has 0 aromatic heterocycles. The van der Waals surface area contributed by atoms with E-state index in [-0.39, 0.29) is 93.1 Å². The fraction of sp³-hybridized carbons (Fsp3) is 0.717. The maximum absolute atomic E-state index is 14.6. The molecule has 1 aliphatic carbocycles. The van der Waals surface area contributed by atoms with Crippen molar-refractivity contribution in [1.29, 1.82) is 0 Å². The summed E-state index contributed by atoms with van der Waals surface area (Å²) in [5.74, 6) is -7.89. The summed E-state index contributed by atoms with van der Waals surface area (Å²) in [7, 11) is 3.00. The quantitative estimate of drug-likeness (QED) is 0.0250. The molecule has 1 amide bonds. The zero-order valence-electron chi connectivity index (χ0n) is 47.4.